The first-order chi connectivity index (χ1) is 13.8. The molecule has 0 aliphatic carbocycles. The van der Waals surface area contributed by atoms with Crippen molar-refractivity contribution in [3.63, 3.8) is 0 Å². The fourth-order valence-electron chi connectivity index (χ4n) is 2.44. The second kappa shape index (κ2) is 8.58. The van der Waals surface area contributed by atoms with Gasteiger partial charge in [0.05, 0.1) is 11.4 Å². The fourth-order valence-corrected chi connectivity index (χ4v) is 4.31. The van der Waals surface area contributed by atoms with E-state index in [0.717, 1.165) is 0 Å². The monoisotopic (exact) mass is 431 g/mol. The van der Waals surface area contributed by atoms with Gasteiger partial charge in [-0.2, -0.15) is 8.42 Å². The van der Waals surface area contributed by atoms with Crippen molar-refractivity contribution >= 4 is 50.4 Å². The number of aromatic nitrogens is 1. The van der Waals surface area contributed by atoms with Crippen LogP contribution in [-0.2, 0) is 14.9 Å². The van der Waals surface area contributed by atoms with Crippen molar-refractivity contribution in [3.8, 4) is 5.75 Å². The summed E-state index contributed by atoms with van der Waals surface area (Å²) in [7, 11) is -4.06. The summed E-state index contributed by atoms with van der Waals surface area (Å²) in [6.07, 6.45) is 2.89. The third-order valence-electron chi connectivity index (χ3n) is 3.85. The summed E-state index contributed by atoms with van der Waals surface area (Å²) in [6, 6.07) is 8.31. The molecule has 1 aliphatic heterocycles. The van der Waals surface area contributed by atoms with Crippen LogP contribution in [0.2, 0.25) is 0 Å². The maximum Gasteiger partial charge on any atom is 0.356 e. The van der Waals surface area contributed by atoms with Crippen molar-refractivity contribution in [2.24, 2.45) is 9.98 Å². The first-order valence-electron chi connectivity index (χ1n) is 8.41. The Kier molecular flexibility index (Phi) is 6.14. The molecule has 1 aliphatic rings. The van der Waals surface area contributed by atoms with E-state index in [-0.39, 0.29) is 10.8 Å². The lowest BCUT2D eigenvalue weighted by Gasteiger charge is -2.09. The molecule has 10 heteroatoms. The fraction of sp³-hybridized carbons (Fsp3) is 0.158. The largest absolute Gasteiger partial charge is 0.480 e. The van der Waals surface area contributed by atoms with E-state index in [4.69, 9.17) is 9.29 Å². The predicted molar refractivity (Wildman–Crippen MR) is 113 cm³/mol. The summed E-state index contributed by atoms with van der Waals surface area (Å²) in [4.78, 5) is 23.5. The molecular formula is C19H17N3O5S2. The lowest BCUT2D eigenvalue weighted by Crippen LogP contribution is -2.17. The van der Waals surface area contributed by atoms with E-state index < -0.39 is 22.1 Å². The molecular weight excluding hydrogens is 414 g/mol. The summed E-state index contributed by atoms with van der Waals surface area (Å²) < 4.78 is 29.8. The van der Waals surface area contributed by atoms with Gasteiger partial charge in [0.25, 0.3) is 0 Å². The highest BCUT2D eigenvalue weighted by Crippen LogP contribution is 2.29. The highest BCUT2D eigenvalue weighted by molar-refractivity contribution is 8.16. The Morgan fingerprint density at radius 1 is 1.38 bits per heavy atom. The van der Waals surface area contributed by atoms with Crippen LogP contribution in [0.25, 0.3) is 6.08 Å². The van der Waals surface area contributed by atoms with Crippen molar-refractivity contribution in [1.29, 1.82) is 0 Å². The normalized spacial score (nSPS) is 16.9. The van der Waals surface area contributed by atoms with Gasteiger partial charge in [0.15, 0.2) is 11.1 Å². The minimum Gasteiger partial charge on any atom is -0.480 e. The maximum absolute atomic E-state index is 12.3. The lowest BCUT2D eigenvalue weighted by molar-refractivity contribution is -0.137. The summed E-state index contributed by atoms with van der Waals surface area (Å²) >= 11 is 1.33. The predicted octanol–water partition coefficient (Wildman–Crippen LogP) is 3.18. The Labute approximate surface area is 172 Å². The number of hydrogen-bond acceptors (Lipinski definition) is 8. The van der Waals surface area contributed by atoms with Gasteiger partial charge in [-0.3, -0.25) is 9.98 Å². The molecule has 3 rings (SSSR count). The second-order valence-corrected chi connectivity index (χ2v) is 8.43. The third-order valence-corrected chi connectivity index (χ3v) is 6.17. The average Bonchev–Trinajstić information content (AvgIpc) is 3.20. The molecule has 1 N–H and O–H groups in total. The van der Waals surface area contributed by atoms with Crippen LogP contribution in [0, 0.1) is 0 Å². The zero-order valence-electron chi connectivity index (χ0n) is 15.3. The molecule has 1 atom stereocenters. The zero-order chi connectivity index (χ0) is 21.0. The van der Waals surface area contributed by atoms with Crippen LogP contribution in [0.3, 0.4) is 0 Å². The van der Waals surface area contributed by atoms with Gasteiger partial charge in [0, 0.05) is 17.5 Å². The van der Waals surface area contributed by atoms with Crippen molar-refractivity contribution in [2.45, 2.75) is 18.0 Å². The molecule has 0 spiro atoms. The van der Waals surface area contributed by atoms with Crippen molar-refractivity contribution < 1.29 is 22.5 Å². The number of thioether (sulfide) groups is 1. The molecule has 0 bridgehead atoms. The Hall–Kier alpha value is -2.98. The Balaban J connectivity index is 1.85. The van der Waals surface area contributed by atoms with E-state index in [2.05, 4.69) is 21.5 Å². The number of hydrogen-bond donors (Lipinski definition) is 1. The number of carbonyl (C=O) groups is 1. The number of pyridine rings is 1. The van der Waals surface area contributed by atoms with E-state index in [9.17, 15) is 13.2 Å². The standard InChI is InChI=1S/C19H17N3O5S2/c1-3-13-10-14(27-29(25,26)17-6-4-5-9-20-17)7-8-15(13)21-12(2)18-22-16(11-28-18)19(23)24/h3-10,16H,1,11H2,2H3,(H,23,24)/t16-/m1/s1. The minimum atomic E-state index is -4.06. The summed E-state index contributed by atoms with van der Waals surface area (Å²) in [6.45, 7) is 5.46. The average molecular weight is 431 g/mol. The number of carboxylic acids is 1. The lowest BCUT2D eigenvalue weighted by atomic mass is 10.1. The molecule has 2 heterocycles. The van der Waals surface area contributed by atoms with Crippen LogP contribution >= 0.6 is 11.8 Å². The molecule has 1 aromatic heterocycles. The number of rotatable bonds is 7. The van der Waals surface area contributed by atoms with Gasteiger partial charge in [-0.15, -0.1) is 11.8 Å². The van der Waals surface area contributed by atoms with E-state index in [0.29, 0.717) is 27.8 Å². The summed E-state index contributed by atoms with van der Waals surface area (Å²) in [5, 5.41) is 9.42. The van der Waals surface area contributed by atoms with E-state index in [1.54, 1.807) is 25.1 Å². The number of nitrogens with zero attached hydrogens (tertiary/aromatic N) is 3. The van der Waals surface area contributed by atoms with Crippen molar-refractivity contribution in [1.82, 2.24) is 4.98 Å². The van der Waals surface area contributed by atoms with Crippen molar-refractivity contribution in [3.05, 3.63) is 54.7 Å². The maximum atomic E-state index is 12.3. The van der Waals surface area contributed by atoms with E-state index >= 15 is 0 Å². The van der Waals surface area contributed by atoms with Crippen LogP contribution in [0.5, 0.6) is 5.75 Å². The SMILES string of the molecule is C=Cc1cc(OS(=O)(=O)c2ccccn2)ccc1N=C(C)C1=N[C@@H](C(=O)O)CS1. The van der Waals surface area contributed by atoms with Gasteiger partial charge in [-0.05, 0) is 37.3 Å². The van der Waals surface area contributed by atoms with Gasteiger partial charge in [0.1, 0.15) is 10.8 Å². The van der Waals surface area contributed by atoms with Crippen LogP contribution in [0.1, 0.15) is 12.5 Å². The Bertz CT molecular complexity index is 1110. The molecule has 2 aromatic rings. The van der Waals surface area contributed by atoms with Crippen LogP contribution < -0.4 is 4.18 Å². The van der Waals surface area contributed by atoms with Gasteiger partial charge >= 0.3 is 16.1 Å². The van der Waals surface area contributed by atoms with Crippen molar-refractivity contribution in [2.75, 3.05) is 5.75 Å². The summed E-state index contributed by atoms with van der Waals surface area (Å²) in [5.74, 6) is -0.507. The Morgan fingerprint density at radius 3 is 2.79 bits per heavy atom. The van der Waals surface area contributed by atoms with Gasteiger partial charge in [-0.25, -0.2) is 9.78 Å². The smallest absolute Gasteiger partial charge is 0.356 e. The second-order valence-electron chi connectivity index (χ2n) is 5.93. The minimum absolute atomic E-state index is 0.0979. The van der Waals surface area contributed by atoms with Gasteiger partial charge < -0.3 is 9.29 Å². The molecule has 1 aromatic carbocycles. The molecule has 0 fully saturated rings. The number of aliphatic imine (C=N–C) groups is 2. The van der Waals surface area contributed by atoms with Crippen LogP contribution in [0.15, 0.2) is 64.2 Å². The first-order valence-corrected chi connectivity index (χ1v) is 10.8. The molecule has 29 heavy (non-hydrogen) atoms. The molecule has 0 amide bonds. The zero-order valence-corrected chi connectivity index (χ0v) is 17.0. The van der Waals surface area contributed by atoms with Gasteiger partial charge in [0.2, 0.25) is 0 Å². The molecule has 0 unspecified atom stereocenters. The third kappa shape index (κ3) is 4.90. The van der Waals surface area contributed by atoms with Gasteiger partial charge in [-0.1, -0.05) is 18.7 Å². The molecule has 8 nitrogen and oxygen atoms in total. The highest BCUT2D eigenvalue weighted by atomic mass is 32.2. The summed E-state index contributed by atoms with van der Waals surface area (Å²) in [5.41, 5.74) is 1.65. The molecule has 150 valence electrons. The van der Waals surface area contributed by atoms with Crippen LogP contribution in [-0.4, -0.2) is 47.0 Å². The Morgan fingerprint density at radius 2 is 2.17 bits per heavy atom. The highest BCUT2D eigenvalue weighted by Gasteiger charge is 2.25. The topological polar surface area (TPSA) is 118 Å². The number of benzene rings is 1. The molecule has 0 radical (unpaired) electrons. The van der Waals surface area contributed by atoms with Crippen LogP contribution in [0.4, 0.5) is 5.69 Å². The first kappa shape index (κ1) is 20.7. The van der Waals surface area contributed by atoms with E-state index in [1.165, 1.54) is 42.2 Å². The number of aliphatic carboxylic acids is 1. The number of carboxylic acid groups (broad SMARTS) is 1. The quantitative estimate of drug-likeness (QED) is 0.528. The molecule has 0 saturated carbocycles. The van der Waals surface area contributed by atoms with E-state index in [1.807, 2.05) is 0 Å². The molecule has 0 saturated heterocycles.